The third-order valence-electron chi connectivity index (χ3n) is 3.36. The summed E-state index contributed by atoms with van der Waals surface area (Å²) in [5, 5.41) is 11.3. The first-order chi connectivity index (χ1) is 10.5. The number of nitrogens with zero attached hydrogens (tertiary/aromatic N) is 1. The summed E-state index contributed by atoms with van der Waals surface area (Å²) in [6, 6.07) is 11.3. The summed E-state index contributed by atoms with van der Waals surface area (Å²) in [4.78, 5) is 21.4. The van der Waals surface area contributed by atoms with Gasteiger partial charge in [0.2, 0.25) is 5.76 Å². The first-order valence-electron chi connectivity index (χ1n) is 6.34. The van der Waals surface area contributed by atoms with Crippen molar-refractivity contribution < 1.29 is 14.1 Å². The SMILES string of the molecule is NC(=O)c1oc2cc(-c3ccc([N+](=O)[O-])cc3)ccc2c1N. The number of primary amides is 1. The summed E-state index contributed by atoms with van der Waals surface area (Å²) in [5.41, 5.74) is 13.2. The molecule has 4 N–H and O–H groups in total. The number of benzene rings is 2. The largest absolute Gasteiger partial charge is 0.449 e. The number of nitrogen functional groups attached to an aromatic ring is 1. The molecule has 0 aliphatic rings. The molecular weight excluding hydrogens is 286 g/mol. The molecule has 3 rings (SSSR count). The van der Waals surface area contributed by atoms with Crippen LogP contribution in [0.25, 0.3) is 22.1 Å². The number of nitro groups is 1. The Balaban J connectivity index is 2.08. The fourth-order valence-electron chi connectivity index (χ4n) is 2.25. The molecule has 0 aliphatic heterocycles. The Hall–Kier alpha value is -3.35. The minimum absolute atomic E-state index is 0.0167. The zero-order valence-corrected chi connectivity index (χ0v) is 11.3. The Kier molecular flexibility index (Phi) is 3.03. The number of carbonyl (C=O) groups is 1. The first kappa shape index (κ1) is 13.6. The second kappa shape index (κ2) is 4.88. The van der Waals surface area contributed by atoms with E-state index in [1.807, 2.05) is 0 Å². The van der Waals surface area contributed by atoms with Crippen molar-refractivity contribution in [1.82, 2.24) is 0 Å². The molecular formula is C15H11N3O4. The van der Waals surface area contributed by atoms with E-state index in [4.69, 9.17) is 15.9 Å². The zero-order chi connectivity index (χ0) is 15.9. The molecule has 1 aromatic heterocycles. The highest BCUT2D eigenvalue weighted by Crippen LogP contribution is 2.32. The molecule has 0 radical (unpaired) electrons. The smallest absolute Gasteiger partial charge is 0.286 e. The van der Waals surface area contributed by atoms with E-state index in [1.165, 1.54) is 12.1 Å². The minimum atomic E-state index is -0.731. The number of hydrogen-bond acceptors (Lipinski definition) is 5. The Labute approximate surface area is 124 Å². The molecule has 0 unspecified atom stereocenters. The van der Waals surface area contributed by atoms with E-state index in [2.05, 4.69) is 0 Å². The van der Waals surface area contributed by atoms with Gasteiger partial charge in [-0.3, -0.25) is 14.9 Å². The molecule has 2 aromatic carbocycles. The molecule has 110 valence electrons. The van der Waals surface area contributed by atoms with E-state index in [-0.39, 0.29) is 17.1 Å². The molecule has 0 saturated heterocycles. The average Bonchev–Trinajstić information content (AvgIpc) is 2.84. The van der Waals surface area contributed by atoms with Gasteiger partial charge in [0.05, 0.1) is 10.6 Å². The van der Waals surface area contributed by atoms with Gasteiger partial charge in [-0.15, -0.1) is 0 Å². The highest BCUT2D eigenvalue weighted by molar-refractivity contribution is 6.05. The van der Waals surface area contributed by atoms with Gasteiger partial charge in [-0.25, -0.2) is 0 Å². The Morgan fingerprint density at radius 3 is 2.32 bits per heavy atom. The van der Waals surface area contributed by atoms with Crippen LogP contribution < -0.4 is 11.5 Å². The summed E-state index contributed by atoms with van der Waals surface area (Å²) in [7, 11) is 0. The number of hydrogen-bond donors (Lipinski definition) is 2. The summed E-state index contributed by atoms with van der Waals surface area (Å²) in [6.07, 6.45) is 0. The molecule has 0 aliphatic carbocycles. The van der Waals surface area contributed by atoms with Crippen LogP contribution in [0, 0.1) is 10.1 Å². The molecule has 1 amide bonds. The van der Waals surface area contributed by atoms with Crippen LogP contribution in [0.3, 0.4) is 0 Å². The van der Waals surface area contributed by atoms with Gasteiger partial charge < -0.3 is 15.9 Å². The molecule has 0 saturated carbocycles. The summed E-state index contributed by atoms with van der Waals surface area (Å²) in [5.74, 6) is -0.804. The van der Waals surface area contributed by atoms with Gasteiger partial charge in [0.25, 0.3) is 11.6 Å². The van der Waals surface area contributed by atoms with Crippen molar-refractivity contribution in [3.63, 3.8) is 0 Å². The van der Waals surface area contributed by atoms with E-state index >= 15 is 0 Å². The van der Waals surface area contributed by atoms with Gasteiger partial charge in [-0.1, -0.05) is 6.07 Å². The number of carbonyl (C=O) groups excluding carboxylic acids is 1. The Morgan fingerprint density at radius 1 is 1.09 bits per heavy atom. The normalized spacial score (nSPS) is 10.7. The summed E-state index contributed by atoms with van der Waals surface area (Å²) in [6.45, 7) is 0. The Morgan fingerprint density at radius 2 is 1.73 bits per heavy atom. The van der Waals surface area contributed by atoms with Crippen LogP contribution in [0.2, 0.25) is 0 Å². The molecule has 0 fully saturated rings. The van der Waals surface area contributed by atoms with Crippen LogP contribution >= 0.6 is 0 Å². The van der Waals surface area contributed by atoms with Crippen LogP contribution in [-0.2, 0) is 0 Å². The van der Waals surface area contributed by atoms with E-state index in [0.29, 0.717) is 11.0 Å². The van der Waals surface area contributed by atoms with Crippen molar-refractivity contribution in [1.29, 1.82) is 0 Å². The fourth-order valence-corrected chi connectivity index (χ4v) is 2.25. The van der Waals surface area contributed by atoms with Gasteiger partial charge in [-0.05, 0) is 35.4 Å². The molecule has 0 bridgehead atoms. The second-order valence-corrected chi connectivity index (χ2v) is 4.72. The van der Waals surface area contributed by atoms with Crippen molar-refractivity contribution in [3.05, 3.63) is 58.3 Å². The lowest BCUT2D eigenvalue weighted by molar-refractivity contribution is -0.384. The van der Waals surface area contributed by atoms with Crippen molar-refractivity contribution in [2.45, 2.75) is 0 Å². The molecule has 3 aromatic rings. The van der Waals surface area contributed by atoms with Crippen LogP contribution in [0.4, 0.5) is 11.4 Å². The van der Waals surface area contributed by atoms with Crippen LogP contribution in [0.15, 0.2) is 46.9 Å². The lowest BCUT2D eigenvalue weighted by atomic mass is 10.0. The van der Waals surface area contributed by atoms with Crippen molar-refractivity contribution in [2.75, 3.05) is 5.73 Å². The predicted molar refractivity (Wildman–Crippen MR) is 81.2 cm³/mol. The minimum Gasteiger partial charge on any atom is -0.449 e. The number of non-ortho nitro benzene ring substituents is 1. The number of rotatable bonds is 3. The lowest BCUT2D eigenvalue weighted by Crippen LogP contribution is -2.11. The van der Waals surface area contributed by atoms with Crippen molar-refractivity contribution in [3.8, 4) is 11.1 Å². The van der Waals surface area contributed by atoms with E-state index in [1.54, 1.807) is 30.3 Å². The van der Waals surface area contributed by atoms with Crippen molar-refractivity contribution >= 4 is 28.3 Å². The van der Waals surface area contributed by atoms with Crippen LogP contribution in [0.1, 0.15) is 10.6 Å². The highest BCUT2D eigenvalue weighted by Gasteiger charge is 2.16. The number of furan rings is 1. The number of amides is 1. The number of nitro benzene ring substituents is 1. The lowest BCUT2D eigenvalue weighted by Gasteiger charge is -2.01. The maximum atomic E-state index is 11.2. The fraction of sp³-hybridized carbons (Fsp3) is 0. The van der Waals surface area contributed by atoms with E-state index in [0.717, 1.165) is 11.1 Å². The third-order valence-corrected chi connectivity index (χ3v) is 3.36. The van der Waals surface area contributed by atoms with Gasteiger partial charge in [0.15, 0.2) is 0 Å². The molecule has 1 heterocycles. The number of anilines is 1. The van der Waals surface area contributed by atoms with Gasteiger partial charge >= 0.3 is 0 Å². The average molecular weight is 297 g/mol. The maximum absolute atomic E-state index is 11.2. The van der Waals surface area contributed by atoms with Gasteiger partial charge in [0, 0.05) is 17.5 Å². The third kappa shape index (κ3) is 2.14. The van der Waals surface area contributed by atoms with Gasteiger partial charge in [-0.2, -0.15) is 0 Å². The molecule has 7 heteroatoms. The maximum Gasteiger partial charge on any atom is 0.286 e. The zero-order valence-electron chi connectivity index (χ0n) is 11.3. The Bertz CT molecular complexity index is 897. The van der Waals surface area contributed by atoms with E-state index < -0.39 is 10.8 Å². The van der Waals surface area contributed by atoms with Crippen molar-refractivity contribution in [2.24, 2.45) is 5.73 Å². The second-order valence-electron chi connectivity index (χ2n) is 4.72. The van der Waals surface area contributed by atoms with E-state index in [9.17, 15) is 14.9 Å². The van der Waals surface area contributed by atoms with Crippen LogP contribution in [0.5, 0.6) is 0 Å². The monoisotopic (exact) mass is 297 g/mol. The number of fused-ring (bicyclic) bond motifs is 1. The predicted octanol–water partition coefficient (Wildman–Crippen LogP) is 2.69. The number of nitrogens with two attached hydrogens (primary N) is 2. The van der Waals surface area contributed by atoms with Crippen LogP contribution in [-0.4, -0.2) is 10.8 Å². The summed E-state index contributed by atoms with van der Waals surface area (Å²) < 4.78 is 5.38. The molecule has 0 spiro atoms. The summed E-state index contributed by atoms with van der Waals surface area (Å²) >= 11 is 0. The molecule has 7 nitrogen and oxygen atoms in total. The molecule has 22 heavy (non-hydrogen) atoms. The van der Waals surface area contributed by atoms with Gasteiger partial charge in [0.1, 0.15) is 5.58 Å². The first-order valence-corrected chi connectivity index (χ1v) is 6.34. The standard InChI is InChI=1S/C15H11N3O4/c16-13-11-6-3-9(7-12(11)22-14(13)15(17)19)8-1-4-10(5-2-8)18(20)21/h1-7H,16H2,(H2,17,19). The highest BCUT2D eigenvalue weighted by atomic mass is 16.6. The quantitative estimate of drug-likeness (QED) is 0.567. The molecule has 0 atom stereocenters. The topological polar surface area (TPSA) is 125 Å².